The fourth-order valence-corrected chi connectivity index (χ4v) is 8.29. The van der Waals surface area contributed by atoms with Crippen molar-refractivity contribution in [3.05, 3.63) is 51.6 Å². The maximum atomic E-state index is 12.5. The summed E-state index contributed by atoms with van der Waals surface area (Å²) >= 11 is 0. The summed E-state index contributed by atoms with van der Waals surface area (Å²) in [6, 6.07) is 3.24. The van der Waals surface area contributed by atoms with Crippen LogP contribution in [0.1, 0.15) is 76.9 Å². The summed E-state index contributed by atoms with van der Waals surface area (Å²) in [6.45, 7) is 4.11. The molecule has 3 fully saturated rings. The zero-order valence-corrected chi connectivity index (χ0v) is 23.5. The summed E-state index contributed by atoms with van der Waals surface area (Å²) in [4.78, 5) is 39.9. The van der Waals surface area contributed by atoms with Gasteiger partial charge in [-0.15, -0.1) is 0 Å². The average Bonchev–Trinajstić information content (AvgIpc) is 3.25. The number of nitrogens with one attached hydrogen (secondary N) is 1. The van der Waals surface area contributed by atoms with Gasteiger partial charge >= 0.3 is 5.97 Å². The number of carbonyl (C=O) groups is 2. The quantitative estimate of drug-likeness (QED) is 0.270. The number of aliphatic hydroxyl groups excluding tert-OH is 2. The lowest BCUT2D eigenvalue weighted by atomic mass is 9.47. The number of carbonyl (C=O) groups excluding carboxylic acids is 1. The summed E-state index contributed by atoms with van der Waals surface area (Å²) in [5, 5.41) is 48.2. The molecule has 0 radical (unpaired) electrons. The van der Waals surface area contributed by atoms with E-state index < -0.39 is 35.6 Å². The molecule has 0 bridgehead atoms. The molecule has 1 aromatic rings. The third-order valence-corrected chi connectivity index (χ3v) is 10.6. The van der Waals surface area contributed by atoms with Gasteiger partial charge in [-0.25, -0.2) is 4.79 Å². The van der Waals surface area contributed by atoms with E-state index in [0.717, 1.165) is 56.7 Å². The molecule has 41 heavy (non-hydrogen) atoms. The van der Waals surface area contributed by atoms with Crippen molar-refractivity contribution in [3.63, 3.8) is 0 Å². The summed E-state index contributed by atoms with van der Waals surface area (Å²) in [5.74, 6) is -0.484. The van der Waals surface area contributed by atoms with E-state index in [-0.39, 0.29) is 28.2 Å². The maximum absolute atomic E-state index is 12.5. The summed E-state index contributed by atoms with van der Waals surface area (Å²) in [7, 11) is 0. The van der Waals surface area contributed by atoms with E-state index >= 15 is 0 Å². The van der Waals surface area contributed by atoms with Crippen LogP contribution in [0.3, 0.4) is 0 Å². The van der Waals surface area contributed by atoms with Gasteiger partial charge in [-0.2, -0.15) is 0 Å². The minimum Gasteiger partial charge on any atom is -0.480 e. The lowest BCUT2D eigenvalue weighted by Gasteiger charge is -2.57. The van der Waals surface area contributed by atoms with Gasteiger partial charge < -0.3 is 25.5 Å². The van der Waals surface area contributed by atoms with Gasteiger partial charge in [-0.05, 0) is 91.6 Å². The average molecular weight is 570 g/mol. The van der Waals surface area contributed by atoms with Crippen molar-refractivity contribution in [1.29, 1.82) is 0 Å². The van der Waals surface area contributed by atoms with Crippen molar-refractivity contribution in [2.75, 3.05) is 6.61 Å². The molecule has 3 saturated carbocycles. The molecule has 4 aliphatic rings. The van der Waals surface area contributed by atoms with Crippen molar-refractivity contribution in [1.82, 2.24) is 5.32 Å². The molecule has 0 aliphatic heterocycles. The molecule has 0 unspecified atom stereocenters. The number of oxime groups is 1. The second-order valence-corrected chi connectivity index (χ2v) is 12.7. The van der Waals surface area contributed by atoms with Crippen LogP contribution in [-0.2, 0) is 14.4 Å². The number of carboxylic acid groups (broad SMARTS) is 1. The number of nitro benzene ring substituents is 1. The lowest BCUT2D eigenvalue weighted by Crippen LogP contribution is -2.51. The SMILES string of the molecule is C[C@]12CC[C@@H]3[C@H](CCC4=C/C(=N\OCC(=O)N[C@H](C(=O)O)[C@H](O)c5cccc([N+](=O)[O-])c5)CC[C@@]43C)[C@@H]1CC[C@@H]2O. The topological polar surface area (TPSA) is 172 Å². The molecule has 4 aliphatic carbocycles. The number of rotatable bonds is 8. The highest BCUT2D eigenvalue weighted by molar-refractivity contribution is 5.96. The molecule has 0 heterocycles. The lowest BCUT2D eigenvalue weighted by molar-refractivity contribution is -0.385. The van der Waals surface area contributed by atoms with Crippen LogP contribution in [0.15, 0.2) is 41.1 Å². The Labute approximate surface area is 238 Å². The fourth-order valence-electron chi connectivity index (χ4n) is 8.29. The van der Waals surface area contributed by atoms with Gasteiger partial charge in [0, 0.05) is 12.1 Å². The van der Waals surface area contributed by atoms with E-state index in [1.807, 2.05) is 0 Å². The van der Waals surface area contributed by atoms with Crippen molar-refractivity contribution in [2.24, 2.45) is 33.7 Å². The van der Waals surface area contributed by atoms with Gasteiger partial charge in [0.25, 0.3) is 11.6 Å². The number of nitrogens with zero attached hydrogens (tertiary/aromatic N) is 2. The Hall–Kier alpha value is -3.31. The Morgan fingerprint density at radius 2 is 1.95 bits per heavy atom. The van der Waals surface area contributed by atoms with Gasteiger partial charge in [-0.3, -0.25) is 14.9 Å². The maximum Gasteiger partial charge on any atom is 0.329 e. The first-order chi connectivity index (χ1) is 19.4. The van der Waals surface area contributed by atoms with E-state index in [4.69, 9.17) is 4.84 Å². The Morgan fingerprint density at radius 1 is 1.17 bits per heavy atom. The molecule has 222 valence electrons. The van der Waals surface area contributed by atoms with Crippen LogP contribution in [0.5, 0.6) is 0 Å². The summed E-state index contributed by atoms with van der Waals surface area (Å²) in [6.07, 6.45) is 8.16. The molecule has 0 spiro atoms. The van der Waals surface area contributed by atoms with Gasteiger partial charge in [0.05, 0.1) is 16.7 Å². The first-order valence-electron chi connectivity index (χ1n) is 14.5. The van der Waals surface area contributed by atoms with Crippen LogP contribution in [0.4, 0.5) is 5.69 Å². The number of aliphatic carboxylic acids is 1. The zero-order valence-electron chi connectivity index (χ0n) is 23.5. The fraction of sp³-hybridized carbons (Fsp3) is 0.633. The standard InChI is InChI=1S/C30H39N3O8/c1-29-12-10-19(15-18(29)6-7-21-22-8-9-24(34)30(22,2)13-11-23(21)29)32-41-16-25(35)31-26(28(37)38)27(36)17-4-3-5-20(14-17)33(39)40/h3-5,14-15,21-24,26-27,34,36H,6-13,16H2,1-2H3,(H,31,35)(H,37,38)/b32-19-/t21-,22+,23-,24+,26+,27-,29+,30+/m1/s1. The van der Waals surface area contributed by atoms with Gasteiger partial charge in [0.1, 0.15) is 6.10 Å². The van der Waals surface area contributed by atoms with Crippen LogP contribution in [0, 0.1) is 38.7 Å². The number of carboxylic acids is 1. The molecular weight excluding hydrogens is 530 g/mol. The number of non-ortho nitro benzene ring substituents is 1. The molecule has 1 aromatic carbocycles. The number of fused-ring (bicyclic) bond motifs is 5. The highest BCUT2D eigenvalue weighted by Crippen LogP contribution is 2.65. The molecule has 11 nitrogen and oxygen atoms in total. The number of aliphatic hydroxyl groups is 2. The molecular formula is C30H39N3O8. The van der Waals surface area contributed by atoms with E-state index in [1.54, 1.807) is 0 Å². The van der Waals surface area contributed by atoms with Crippen LogP contribution in [-0.4, -0.2) is 56.6 Å². The van der Waals surface area contributed by atoms with Crippen LogP contribution < -0.4 is 5.32 Å². The Morgan fingerprint density at radius 3 is 2.68 bits per heavy atom. The molecule has 0 saturated heterocycles. The number of nitro groups is 1. The monoisotopic (exact) mass is 569 g/mol. The highest BCUT2D eigenvalue weighted by Gasteiger charge is 2.58. The first-order valence-corrected chi connectivity index (χ1v) is 14.5. The van der Waals surface area contributed by atoms with Crippen LogP contribution in [0.2, 0.25) is 0 Å². The van der Waals surface area contributed by atoms with E-state index in [2.05, 4.69) is 30.4 Å². The minimum absolute atomic E-state index is 0.00800. The zero-order chi connectivity index (χ0) is 29.5. The minimum atomic E-state index is -1.73. The predicted molar refractivity (Wildman–Crippen MR) is 149 cm³/mol. The summed E-state index contributed by atoms with van der Waals surface area (Å²) < 4.78 is 0. The number of amides is 1. The van der Waals surface area contributed by atoms with Crippen molar-refractivity contribution < 1.29 is 34.7 Å². The number of benzene rings is 1. The molecule has 1 amide bonds. The predicted octanol–water partition coefficient (Wildman–Crippen LogP) is 3.89. The first kappa shape index (κ1) is 29.2. The normalized spacial score (nSPS) is 34.8. The second-order valence-electron chi connectivity index (χ2n) is 12.7. The van der Waals surface area contributed by atoms with Crippen LogP contribution in [0.25, 0.3) is 0 Å². The van der Waals surface area contributed by atoms with Gasteiger partial charge in [0.2, 0.25) is 0 Å². The Balaban J connectivity index is 1.19. The number of hydrogen-bond acceptors (Lipinski definition) is 8. The van der Waals surface area contributed by atoms with Crippen LogP contribution >= 0.6 is 0 Å². The van der Waals surface area contributed by atoms with Gasteiger partial charge in [-0.1, -0.05) is 36.7 Å². The molecule has 11 heteroatoms. The van der Waals surface area contributed by atoms with Crippen molar-refractivity contribution >= 4 is 23.3 Å². The van der Waals surface area contributed by atoms with E-state index in [1.165, 1.54) is 23.8 Å². The third-order valence-electron chi connectivity index (χ3n) is 10.6. The van der Waals surface area contributed by atoms with E-state index in [0.29, 0.717) is 24.2 Å². The Bertz CT molecular complexity index is 1280. The summed E-state index contributed by atoms with van der Waals surface area (Å²) in [5.41, 5.74) is 1.93. The largest absolute Gasteiger partial charge is 0.480 e. The Kier molecular flexibility index (Phi) is 7.95. The molecule has 8 atom stereocenters. The molecule has 0 aromatic heterocycles. The van der Waals surface area contributed by atoms with Crippen molar-refractivity contribution in [3.8, 4) is 0 Å². The van der Waals surface area contributed by atoms with Crippen molar-refractivity contribution in [2.45, 2.75) is 83.5 Å². The third kappa shape index (κ3) is 5.37. The molecule has 5 rings (SSSR count). The van der Waals surface area contributed by atoms with Gasteiger partial charge in [0.15, 0.2) is 12.6 Å². The number of hydrogen-bond donors (Lipinski definition) is 4. The molecule has 4 N–H and O–H groups in total. The smallest absolute Gasteiger partial charge is 0.329 e. The highest BCUT2D eigenvalue weighted by atomic mass is 16.6. The second kappa shape index (κ2) is 11.2. The number of allylic oxidation sites excluding steroid dienone is 2. The van der Waals surface area contributed by atoms with E-state index in [9.17, 15) is 35.0 Å².